The largest absolute Gasteiger partial charge is 0.454 e. The number of amides is 2. The maximum Gasteiger partial charge on any atom is 0.263 e. The second-order valence-corrected chi connectivity index (χ2v) is 15.6. The number of benzene rings is 2. The molecule has 288 valence electrons. The molecule has 4 aliphatic rings. The molecule has 2 aromatic carbocycles. The number of carbonyl (C=O) groups excluding carboxylic acids is 2. The predicted octanol–water partition coefficient (Wildman–Crippen LogP) is 5.61. The van der Waals surface area contributed by atoms with Crippen molar-refractivity contribution < 1.29 is 28.5 Å². The fourth-order valence-corrected chi connectivity index (χ4v) is 8.89. The first kappa shape index (κ1) is 37.7. The number of piperazine rings is 2. The number of hydrogen-bond donors (Lipinski definition) is 2. The average Bonchev–Trinajstić information content (AvgIpc) is 4.05. The summed E-state index contributed by atoms with van der Waals surface area (Å²) in [7, 11) is 0. The van der Waals surface area contributed by atoms with Crippen molar-refractivity contribution in [1.82, 2.24) is 25.4 Å². The molecular formula is C39H49N7O6S2. The molecule has 2 amide bonds. The summed E-state index contributed by atoms with van der Waals surface area (Å²) in [5.74, 6) is 3.30. The zero-order valence-corrected chi connectivity index (χ0v) is 33.0. The fourth-order valence-electron chi connectivity index (χ4n) is 7.03. The number of nitrogens with one attached hydrogen (secondary N) is 2. The Labute approximate surface area is 324 Å². The molecule has 0 unspecified atom stereocenters. The van der Waals surface area contributed by atoms with Gasteiger partial charge >= 0.3 is 0 Å². The van der Waals surface area contributed by atoms with Crippen LogP contribution in [0, 0.1) is 0 Å². The molecule has 6 heterocycles. The number of anilines is 2. The highest BCUT2D eigenvalue weighted by Crippen LogP contribution is 2.37. The van der Waals surface area contributed by atoms with Crippen LogP contribution in [0.5, 0.6) is 23.0 Å². The van der Waals surface area contributed by atoms with Gasteiger partial charge in [0.15, 0.2) is 28.1 Å². The van der Waals surface area contributed by atoms with Gasteiger partial charge in [-0.05, 0) is 75.2 Å². The van der Waals surface area contributed by atoms with E-state index in [1.165, 1.54) is 27.5 Å². The van der Waals surface area contributed by atoms with Crippen molar-refractivity contribution >= 4 is 44.6 Å². The minimum atomic E-state index is -0.0451. The van der Waals surface area contributed by atoms with E-state index >= 15 is 0 Å². The van der Waals surface area contributed by atoms with Gasteiger partial charge in [0.1, 0.15) is 4.88 Å². The van der Waals surface area contributed by atoms with Gasteiger partial charge in [-0.3, -0.25) is 19.4 Å². The normalized spacial score (nSPS) is 17.8. The Morgan fingerprint density at radius 3 is 1.69 bits per heavy atom. The Bertz CT molecular complexity index is 1770. The number of hydrogen-bond acceptors (Lipinski definition) is 13. The zero-order valence-electron chi connectivity index (χ0n) is 31.3. The van der Waals surface area contributed by atoms with Crippen LogP contribution in [-0.4, -0.2) is 106 Å². The van der Waals surface area contributed by atoms with Crippen molar-refractivity contribution in [2.24, 2.45) is 0 Å². The quantitative estimate of drug-likeness (QED) is 0.209. The molecule has 4 aliphatic heterocycles. The summed E-state index contributed by atoms with van der Waals surface area (Å²) in [5.41, 5.74) is 2.49. The first-order valence-corrected chi connectivity index (χ1v) is 20.3. The van der Waals surface area contributed by atoms with Crippen molar-refractivity contribution in [2.75, 3.05) is 88.8 Å². The molecule has 2 saturated heterocycles. The maximum absolute atomic E-state index is 12.0. The van der Waals surface area contributed by atoms with E-state index in [9.17, 15) is 9.59 Å². The topological polar surface area (TPSA) is 121 Å². The van der Waals surface area contributed by atoms with E-state index in [1.54, 1.807) is 17.5 Å². The minimum Gasteiger partial charge on any atom is -0.454 e. The van der Waals surface area contributed by atoms with Gasteiger partial charge in [-0.15, -0.1) is 11.3 Å². The van der Waals surface area contributed by atoms with Crippen LogP contribution in [0.2, 0.25) is 0 Å². The van der Waals surface area contributed by atoms with E-state index in [0.717, 1.165) is 85.4 Å². The van der Waals surface area contributed by atoms with Crippen molar-refractivity contribution in [1.29, 1.82) is 0 Å². The van der Waals surface area contributed by atoms with Crippen molar-refractivity contribution in [3.63, 3.8) is 0 Å². The molecule has 2 fully saturated rings. The van der Waals surface area contributed by atoms with Gasteiger partial charge in [0.25, 0.3) is 11.8 Å². The summed E-state index contributed by atoms with van der Waals surface area (Å²) in [6, 6.07) is 17.0. The van der Waals surface area contributed by atoms with E-state index in [1.807, 2.05) is 32.0 Å². The zero-order chi connectivity index (χ0) is 37.6. The summed E-state index contributed by atoms with van der Waals surface area (Å²) < 4.78 is 21.8. The van der Waals surface area contributed by atoms with Crippen LogP contribution in [-0.2, 0) is 0 Å². The summed E-state index contributed by atoms with van der Waals surface area (Å²) in [4.78, 5) is 39.4. The fraction of sp³-hybridized carbons (Fsp3) is 0.462. The lowest BCUT2D eigenvalue weighted by molar-refractivity contribution is 0.0951. The first-order chi connectivity index (χ1) is 26.3. The summed E-state index contributed by atoms with van der Waals surface area (Å²) in [5, 5.41) is 7.78. The van der Waals surface area contributed by atoms with Gasteiger partial charge in [-0.25, -0.2) is 4.98 Å². The van der Waals surface area contributed by atoms with Crippen LogP contribution in [0.1, 0.15) is 70.2 Å². The molecule has 15 heteroatoms. The molecule has 0 spiro atoms. The number of nitrogens with zero attached hydrogens (tertiary/aromatic N) is 5. The average molecular weight is 776 g/mol. The van der Waals surface area contributed by atoms with Gasteiger partial charge in [-0.2, -0.15) is 0 Å². The number of ether oxygens (including phenoxy) is 4. The standard InChI is InChI=1S/C20H25N3O3S.C19H24N4O3S/c1-3-21-20(24)18-6-7-19(27-18)23-10-8-22(9-11-23)14(2)15-4-5-16-17(12-15)26-13-25-16;1-3-20-18(24)17-11-21-19(27-17)23-8-6-22(7-9-23)13(2)14-4-5-15-16(10-14)26-12-25-15/h4-7,12,14H,3,8-11,13H2,1-2H3,(H,21,24);4-5,10-11,13H,3,6-9,12H2,1-2H3,(H,20,24)/t14-;13-/m10/s1. The smallest absolute Gasteiger partial charge is 0.263 e. The maximum atomic E-state index is 12.0. The lowest BCUT2D eigenvalue weighted by atomic mass is 10.1. The van der Waals surface area contributed by atoms with Crippen LogP contribution in [0.25, 0.3) is 0 Å². The van der Waals surface area contributed by atoms with Crippen LogP contribution in [0.4, 0.5) is 10.1 Å². The number of rotatable bonds is 10. The molecule has 0 radical (unpaired) electrons. The third-order valence-corrected chi connectivity index (χ3v) is 12.5. The van der Waals surface area contributed by atoms with E-state index in [0.29, 0.717) is 43.6 Å². The predicted molar refractivity (Wildman–Crippen MR) is 212 cm³/mol. The van der Waals surface area contributed by atoms with E-state index in [2.05, 4.69) is 79.4 Å². The third-order valence-electron chi connectivity index (χ3n) is 10.3. The van der Waals surface area contributed by atoms with E-state index in [4.69, 9.17) is 18.9 Å². The molecule has 4 aromatic rings. The second kappa shape index (κ2) is 17.3. The Hall–Kier alpha value is -4.57. The summed E-state index contributed by atoms with van der Waals surface area (Å²) in [6.07, 6.45) is 1.67. The molecule has 0 bridgehead atoms. The molecule has 54 heavy (non-hydrogen) atoms. The second-order valence-electron chi connectivity index (χ2n) is 13.5. The molecule has 2 N–H and O–H groups in total. The monoisotopic (exact) mass is 775 g/mol. The number of thiophene rings is 1. The van der Waals surface area contributed by atoms with Crippen LogP contribution >= 0.6 is 22.7 Å². The van der Waals surface area contributed by atoms with Crippen LogP contribution in [0.3, 0.4) is 0 Å². The molecule has 2 aromatic heterocycles. The molecule has 0 saturated carbocycles. The number of carbonyl (C=O) groups is 2. The Morgan fingerprint density at radius 1 is 0.648 bits per heavy atom. The SMILES string of the molecule is CCNC(=O)c1ccc(N2CCN([C@H](C)c3ccc4c(c3)OCO4)CC2)s1.CCNC(=O)c1cnc(N2CCN([C@@H](C)c3ccc4c(c3)OCO4)CC2)s1. The number of aromatic nitrogens is 1. The van der Waals surface area contributed by atoms with Gasteiger partial charge < -0.3 is 39.4 Å². The lowest BCUT2D eigenvalue weighted by Crippen LogP contribution is -2.47. The highest BCUT2D eigenvalue weighted by molar-refractivity contribution is 7.18. The summed E-state index contributed by atoms with van der Waals surface area (Å²) >= 11 is 3.03. The van der Waals surface area contributed by atoms with Crippen molar-refractivity contribution in [3.05, 3.63) is 75.6 Å². The van der Waals surface area contributed by atoms with Gasteiger partial charge in [0.2, 0.25) is 13.6 Å². The van der Waals surface area contributed by atoms with Gasteiger partial charge in [-0.1, -0.05) is 23.5 Å². The molecular weight excluding hydrogens is 727 g/mol. The highest BCUT2D eigenvalue weighted by atomic mass is 32.1. The van der Waals surface area contributed by atoms with Crippen LogP contribution in [0.15, 0.2) is 54.7 Å². The van der Waals surface area contributed by atoms with Crippen LogP contribution < -0.4 is 39.4 Å². The van der Waals surface area contributed by atoms with E-state index in [-0.39, 0.29) is 11.8 Å². The Kier molecular flexibility index (Phi) is 12.1. The minimum absolute atomic E-state index is 0.0174. The summed E-state index contributed by atoms with van der Waals surface area (Å²) in [6.45, 7) is 17.8. The molecule has 0 aliphatic carbocycles. The molecule has 13 nitrogen and oxygen atoms in total. The third kappa shape index (κ3) is 8.54. The highest BCUT2D eigenvalue weighted by Gasteiger charge is 2.27. The molecule has 2 atom stereocenters. The first-order valence-electron chi connectivity index (χ1n) is 18.7. The number of fused-ring (bicyclic) bond motifs is 2. The Morgan fingerprint density at radius 2 is 1.15 bits per heavy atom. The van der Waals surface area contributed by atoms with Gasteiger partial charge in [0.05, 0.1) is 16.1 Å². The lowest BCUT2D eigenvalue weighted by Gasteiger charge is -2.38. The van der Waals surface area contributed by atoms with Gasteiger partial charge in [0, 0.05) is 77.5 Å². The Balaban J connectivity index is 0.000000167. The van der Waals surface area contributed by atoms with Crippen molar-refractivity contribution in [2.45, 2.75) is 39.8 Å². The number of thiazole rings is 1. The molecule has 8 rings (SSSR count). The van der Waals surface area contributed by atoms with E-state index < -0.39 is 0 Å². The van der Waals surface area contributed by atoms with Crippen molar-refractivity contribution in [3.8, 4) is 23.0 Å².